The zero-order chi connectivity index (χ0) is 12.3. The molecule has 0 amide bonds. The standard InChI is InChI=1S/C13H18F2N2.2ClH/c1-2-12(17-8-6-16-7-9-17)13-10(14)4-3-5-11(13)15;;/h3-5,12,16H,2,6-9H2,1H3;2*1H/t12-;;/m1../s1. The molecule has 110 valence electrons. The van der Waals surface area contributed by atoms with E-state index in [-0.39, 0.29) is 36.4 Å². The zero-order valence-corrected chi connectivity index (χ0v) is 12.5. The summed E-state index contributed by atoms with van der Waals surface area (Å²) in [6.07, 6.45) is 0.720. The van der Waals surface area contributed by atoms with E-state index in [2.05, 4.69) is 10.2 Å². The Balaban J connectivity index is 0.00000162. The molecule has 0 saturated carbocycles. The minimum absolute atomic E-state index is 0. The summed E-state index contributed by atoms with van der Waals surface area (Å²) < 4.78 is 27.5. The van der Waals surface area contributed by atoms with Crippen LogP contribution in [0.5, 0.6) is 0 Å². The van der Waals surface area contributed by atoms with Crippen LogP contribution in [0.3, 0.4) is 0 Å². The van der Waals surface area contributed by atoms with Gasteiger partial charge in [0.1, 0.15) is 11.6 Å². The molecule has 0 spiro atoms. The molecule has 2 rings (SSSR count). The van der Waals surface area contributed by atoms with E-state index in [4.69, 9.17) is 0 Å². The predicted octanol–water partition coefficient (Wildman–Crippen LogP) is 3.16. The molecule has 1 atom stereocenters. The van der Waals surface area contributed by atoms with E-state index in [0.29, 0.717) is 0 Å². The largest absolute Gasteiger partial charge is 0.314 e. The van der Waals surface area contributed by atoms with Crippen molar-refractivity contribution in [2.24, 2.45) is 0 Å². The summed E-state index contributed by atoms with van der Waals surface area (Å²) in [4.78, 5) is 2.15. The molecule has 2 nitrogen and oxygen atoms in total. The highest BCUT2D eigenvalue weighted by atomic mass is 35.5. The van der Waals surface area contributed by atoms with Crippen LogP contribution >= 0.6 is 24.8 Å². The highest BCUT2D eigenvalue weighted by Gasteiger charge is 2.25. The van der Waals surface area contributed by atoms with Gasteiger partial charge >= 0.3 is 0 Å². The molecule has 1 fully saturated rings. The fourth-order valence-corrected chi connectivity index (χ4v) is 2.47. The van der Waals surface area contributed by atoms with Gasteiger partial charge in [0.15, 0.2) is 0 Å². The van der Waals surface area contributed by atoms with Crippen LogP contribution in [0.15, 0.2) is 18.2 Å². The van der Waals surface area contributed by atoms with Crippen molar-refractivity contribution in [3.05, 3.63) is 35.4 Å². The van der Waals surface area contributed by atoms with Crippen LogP contribution in [-0.4, -0.2) is 31.1 Å². The molecular formula is C13H20Cl2F2N2. The molecule has 1 heterocycles. The monoisotopic (exact) mass is 312 g/mol. The van der Waals surface area contributed by atoms with E-state index in [1.165, 1.54) is 18.2 Å². The number of hydrogen-bond acceptors (Lipinski definition) is 2. The maximum Gasteiger partial charge on any atom is 0.130 e. The van der Waals surface area contributed by atoms with Crippen molar-refractivity contribution >= 4 is 24.8 Å². The van der Waals surface area contributed by atoms with Crippen LogP contribution < -0.4 is 5.32 Å². The molecule has 1 N–H and O–H groups in total. The third kappa shape index (κ3) is 4.28. The van der Waals surface area contributed by atoms with Crippen molar-refractivity contribution in [2.75, 3.05) is 26.2 Å². The Bertz CT molecular complexity index is 365. The highest BCUT2D eigenvalue weighted by Crippen LogP contribution is 2.28. The Hall–Kier alpha value is -0.420. The number of benzene rings is 1. The van der Waals surface area contributed by atoms with Gasteiger partial charge < -0.3 is 5.32 Å². The van der Waals surface area contributed by atoms with E-state index in [9.17, 15) is 8.78 Å². The average Bonchev–Trinajstić information content (AvgIpc) is 2.35. The maximum atomic E-state index is 13.8. The van der Waals surface area contributed by atoms with Gasteiger partial charge in [-0.15, -0.1) is 24.8 Å². The van der Waals surface area contributed by atoms with Crippen LogP contribution in [0.4, 0.5) is 8.78 Å². The van der Waals surface area contributed by atoms with Crippen molar-refractivity contribution in [1.82, 2.24) is 10.2 Å². The summed E-state index contributed by atoms with van der Waals surface area (Å²) in [5.74, 6) is -0.870. The molecule has 6 heteroatoms. The molecule has 0 bridgehead atoms. The van der Waals surface area contributed by atoms with Gasteiger partial charge in [-0.1, -0.05) is 13.0 Å². The Kier molecular flexibility index (Phi) is 8.50. The topological polar surface area (TPSA) is 15.3 Å². The second-order valence-corrected chi connectivity index (χ2v) is 4.35. The van der Waals surface area contributed by atoms with E-state index >= 15 is 0 Å². The van der Waals surface area contributed by atoms with Crippen molar-refractivity contribution in [1.29, 1.82) is 0 Å². The van der Waals surface area contributed by atoms with Gasteiger partial charge in [0, 0.05) is 37.8 Å². The molecule has 1 saturated heterocycles. The number of rotatable bonds is 3. The quantitative estimate of drug-likeness (QED) is 0.922. The smallest absolute Gasteiger partial charge is 0.130 e. The predicted molar refractivity (Wildman–Crippen MR) is 78.3 cm³/mol. The third-order valence-corrected chi connectivity index (χ3v) is 3.31. The minimum atomic E-state index is -0.435. The van der Waals surface area contributed by atoms with Gasteiger partial charge in [0.05, 0.1) is 0 Å². The van der Waals surface area contributed by atoms with E-state index < -0.39 is 11.6 Å². The average molecular weight is 313 g/mol. The van der Waals surface area contributed by atoms with Crippen LogP contribution in [0, 0.1) is 11.6 Å². The van der Waals surface area contributed by atoms with E-state index in [0.717, 1.165) is 32.6 Å². The number of hydrogen-bond donors (Lipinski definition) is 1. The summed E-state index contributed by atoms with van der Waals surface area (Å²) in [6.45, 7) is 5.41. The molecule has 0 radical (unpaired) electrons. The Morgan fingerprint density at radius 3 is 2.16 bits per heavy atom. The molecule has 0 aromatic heterocycles. The molecule has 0 aliphatic carbocycles. The molecule has 1 aliphatic heterocycles. The second-order valence-electron chi connectivity index (χ2n) is 4.35. The first-order chi connectivity index (χ1) is 8.24. The van der Waals surface area contributed by atoms with Crippen LogP contribution in [0.1, 0.15) is 24.9 Å². The van der Waals surface area contributed by atoms with Crippen molar-refractivity contribution < 1.29 is 8.78 Å². The summed E-state index contributed by atoms with van der Waals surface area (Å²) >= 11 is 0. The third-order valence-electron chi connectivity index (χ3n) is 3.31. The van der Waals surface area contributed by atoms with Crippen LogP contribution in [0.25, 0.3) is 0 Å². The van der Waals surface area contributed by atoms with Gasteiger partial charge in [-0.2, -0.15) is 0 Å². The Morgan fingerprint density at radius 2 is 1.68 bits per heavy atom. The van der Waals surface area contributed by atoms with Gasteiger partial charge in [-0.3, -0.25) is 4.90 Å². The summed E-state index contributed by atoms with van der Waals surface area (Å²) in [6, 6.07) is 3.93. The molecule has 0 unspecified atom stereocenters. The van der Waals surface area contributed by atoms with E-state index in [1.54, 1.807) is 0 Å². The first-order valence-electron chi connectivity index (χ1n) is 6.12. The van der Waals surface area contributed by atoms with Gasteiger partial charge in [0.2, 0.25) is 0 Å². The lowest BCUT2D eigenvalue weighted by Gasteiger charge is -2.34. The second kappa shape index (κ2) is 8.69. The van der Waals surface area contributed by atoms with Gasteiger partial charge in [-0.05, 0) is 18.6 Å². The molecule has 1 aromatic rings. The normalized spacial score (nSPS) is 17.2. The van der Waals surface area contributed by atoms with Crippen molar-refractivity contribution in [3.63, 3.8) is 0 Å². The zero-order valence-electron chi connectivity index (χ0n) is 10.9. The minimum Gasteiger partial charge on any atom is -0.314 e. The van der Waals surface area contributed by atoms with E-state index in [1.807, 2.05) is 6.92 Å². The summed E-state index contributed by atoms with van der Waals surface area (Å²) in [7, 11) is 0. The molecule has 1 aromatic carbocycles. The lowest BCUT2D eigenvalue weighted by Crippen LogP contribution is -2.45. The van der Waals surface area contributed by atoms with Crippen LogP contribution in [-0.2, 0) is 0 Å². The van der Waals surface area contributed by atoms with Crippen molar-refractivity contribution in [3.8, 4) is 0 Å². The highest BCUT2D eigenvalue weighted by molar-refractivity contribution is 5.85. The van der Waals surface area contributed by atoms with Crippen LogP contribution in [0.2, 0.25) is 0 Å². The number of nitrogens with one attached hydrogen (secondary N) is 1. The Morgan fingerprint density at radius 1 is 1.16 bits per heavy atom. The summed E-state index contributed by atoms with van der Waals surface area (Å²) in [5.41, 5.74) is 0.219. The number of halogens is 4. The lowest BCUT2D eigenvalue weighted by atomic mass is 10.0. The first kappa shape index (κ1) is 18.6. The molecule has 1 aliphatic rings. The molecule has 19 heavy (non-hydrogen) atoms. The van der Waals surface area contributed by atoms with Gasteiger partial charge in [-0.25, -0.2) is 8.78 Å². The first-order valence-corrected chi connectivity index (χ1v) is 6.12. The fraction of sp³-hybridized carbons (Fsp3) is 0.538. The molecular weight excluding hydrogens is 293 g/mol. The number of piperazine rings is 1. The maximum absolute atomic E-state index is 13.8. The Labute approximate surface area is 125 Å². The fourth-order valence-electron chi connectivity index (χ4n) is 2.47. The lowest BCUT2D eigenvalue weighted by molar-refractivity contribution is 0.163. The van der Waals surface area contributed by atoms with Crippen molar-refractivity contribution in [2.45, 2.75) is 19.4 Å². The SMILES string of the molecule is CC[C@H](c1c(F)cccc1F)N1CCNCC1.Cl.Cl. The summed E-state index contributed by atoms with van der Waals surface area (Å²) in [5, 5.41) is 3.25. The van der Waals surface area contributed by atoms with Gasteiger partial charge in [0.25, 0.3) is 0 Å². The number of nitrogens with zero attached hydrogens (tertiary/aromatic N) is 1.